The van der Waals surface area contributed by atoms with Crippen LogP contribution < -0.4 is 0 Å². The maximum absolute atomic E-state index is 11.5. The average molecular weight is 354 g/mol. The molecule has 1 rings (SSSR count). The van der Waals surface area contributed by atoms with Crippen molar-refractivity contribution >= 4 is 11.9 Å². The average Bonchev–Trinajstić information content (AvgIpc) is 2.58. The molecule has 0 aromatic carbocycles. The van der Waals surface area contributed by atoms with Gasteiger partial charge in [-0.2, -0.15) is 0 Å². The number of cyclic esters (lactones) is 1. The summed E-state index contributed by atoms with van der Waals surface area (Å²) in [4.78, 5) is 22.7. The number of aliphatic hydroxyl groups is 8. The molecule has 0 aliphatic carbocycles. The summed E-state index contributed by atoms with van der Waals surface area (Å²) in [6, 6.07) is 0. The monoisotopic (exact) mass is 354 g/mol. The van der Waals surface area contributed by atoms with Crippen LogP contribution in [-0.2, 0) is 19.1 Å². The molecule has 0 amide bonds. The van der Waals surface area contributed by atoms with E-state index >= 15 is 0 Å². The van der Waals surface area contributed by atoms with Crippen LogP contribution in [0.5, 0.6) is 0 Å². The minimum Gasteiger partial charge on any atom is -0.506 e. The second kappa shape index (κ2) is 8.23. The van der Waals surface area contributed by atoms with Crippen molar-refractivity contribution in [1.29, 1.82) is 0 Å². The minimum absolute atomic E-state index is 0.856. The van der Waals surface area contributed by atoms with E-state index < -0.39 is 73.3 Å². The first kappa shape index (κ1) is 20.1. The second-order valence-corrected chi connectivity index (χ2v) is 4.93. The molecule has 1 saturated heterocycles. The van der Waals surface area contributed by atoms with Gasteiger partial charge in [-0.05, 0) is 0 Å². The Morgan fingerprint density at radius 1 is 1.17 bits per heavy atom. The Labute approximate surface area is 134 Å². The van der Waals surface area contributed by atoms with Crippen molar-refractivity contribution in [3.8, 4) is 0 Å². The highest BCUT2D eigenvalue weighted by Gasteiger charge is 2.44. The molecule has 0 aromatic rings. The smallest absolute Gasteiger partial charge is 0.377 e. The highest BCUT2D eigenvalue weighted by Crippen LogP contribution is 2.18. The molecule has 24 heavy (non-hydrogen) atoms. The molecule has 0 spiro atoms. The van der Waals surface area contributed by atoms with Crippen LogP contribution in [-0.4, -0.2) is 103 Å². The summed E-state index contributed by atoms with van der Waals surface area (Å²) in [5, 5.41) is 73.9. The van der Waals surface area contributed by atoms with E-state index in [1.54, 1.807) is 0 Å². The number of aliphatic hydroxyl groups excluding tert-OH is 8. The van der Waals surface area contributed by atoms with E-state index in [9.17, 15) is 35.1 Å². The van der Waals surface area contributed by atoms with Crippen molar-refractivity contribution in [2.75, 3.05) is 13.2 Å². The van der Waals surface area contributed by atoms with Gasteiger partial charge in [-0.25, -0.2) is 9.59 Å². The lowest BCUT2D eigenvalue weighted by molar-refractivity contribution is -0.209. The minimum atomic E-state index is -2.17. The van der Waals surface area contributed by atoms with Gasteiger partial charge in [0.15, 0.2) is 18.0 Å². The summed E-state index contributed by atoms with van der Waals surface area (Å²) in [5.41, 5.74) is 0. The van der Waals surface area contributed by atoms with Gasteiger partial charge in [0.2, 0.25) is 5.76 Å². The molecule has 138 valence electrons. The predicted molar refractivity (Wildman–Crippen MR) is 70.2 cm³/mol. The van der Waals surface area contributed by atoms with Crippen molar-refractivity contribution in [1.82, 2.24) is 0 Å². The van der Waals surface area contributed by atoms with Gasteiger partial charge >= 0.3 is 11.9 Å². The van der Waals surface area contributed by atoms with Gasteiger partial charge in [0.05, 0.1) is 6.61 Å². The number of carbonyl (C=O) groups excluding carboxylic acids is 2. The third-order valence-electron chi connectivity index (χ3n) is 3.21. The molecule has 1 aliphatic heterocycles. The van der Waals surface area contributed by atoms with Gasteiger partial charge in [0.1, 0.15) is 31.0 Å². The molecular weight excluding hydrogens is 336 g/mol. The Morgan fingerprint density at radius 3 is 2.29 bits per heavy atom. The van der Waals surface area contributed by atoms with Crippen molar-refractivity contribution in [3.05, 3.63) is 11.5 Å². The summed E-state index contributed by atoms with van der Waals surface area (Å²) in [6.45, 7) is -1.83. The Bertz CT molecular complexity index is 502. The third kappa shape index (κ3) is 4.31. The van der Waals surface area contributed by atoms with Gasteiger partial charge < -0.3 is 50.3 Å². The van der Waals surface area contributed by atoms with E-state index in [0.717, 1.165) is 0 Å². The van der Waals surface area contributed by atoms with Crippen LogP contribution in [0, 0.1) is 0 Å². The molecule has 1 aliphatic rings. The van der Waals surface area contributed by atoms with Crippen LogP contribution in [0.4, 0.5) is 0 Å². The molecule has 6 atom stereocenters. The molecule has 0 unspecified atom stereocenters. The van der Waals surface area contributed by atoms with Gasteiger partial charge in [-0.1, -0.05) is 0 Å². The number of esters is 2. The van der Waals surface area contributed by atoms with Crippen LogP contribution in [0.3, 0.4) is 0 Å². The Kier molecular flexibility index (Phi) is 6.89. The topological polar surface area (TPSA) is 214 Å². The van der Waals surface area contributed by atoms with Crippen LogP contribution in [0.1, 0.15) is 0 Å². The molecule has 12 nitrogen and oxygen atoms in total. The fraction of sp³-hybridized carbons (Fsp3) is 0.667. The molecule has 0 radical (unpaired) electrons. The van der Waals surface area contributed by atoms with Gasteiger partial charge in [0.25, 0.3) is 0 Å². The number of hydrogen-bond acceptors (Lipinski definition) is 12. The molecule has 0 bridgehead atoms. The quantitative estimate of drug-likeness (QED) is 0.129. The zero-order valence-electron chi connectivity index (χ0n) is 12.1. The molecule has 0 aromatic heterocycles. The maximum Gasteiger partial charge on any atom is 0.377 e. The van der Waals surface area contributed by atoms with E-state index in [2.05, 4.69) is 9.47 Å². The Morgan fingerprint density at radius 2 is 1.75 bits per heavy atom. The molecule has 1 fully saturated rings. The summed E-state index contributed by atoms with van der Waals surface area (Å²) in [7, 11) is 0. The van der Waals surface area contributed by atoms with Crippen LogP contribution >= 0.6 is 0 Å². The maximum atomic E-state index is 11.5. The first-order valence-electron chi connectivity index (χ1n) is 6.62. The SMILES string of the molecule is O=C(OC[C@H]1OC(=O)[C@@H](O)[C@@H](O)[C@@H]1O)/C(O)=C(/O)[C@H](O)[C@@H](O)CO. The summed E-state index contributed by atoms with van der Waals surface area (Å²) in [5.74, 6) is -5.75. The van der Waals surface area contributed by atoms with Gasteiger partial charge in [-0.15, -0.1) is 0 Å². The lowest BCUT2D eigenvalue weighted by Gasteiger charge is -2.33. The van der Waals surface area contributed by atoms with Crippen LogP contribution in [0.15, 0.2) is 11.5 Å². The predicted octanol–water partition coefficient (Wildman–Crippen LogP) is -4.42. The standard InChI is InChI=1S/C12H18O12/c13-1-3(14)5(15)7(17)9(19)11(21)23-2-4-6(16)8(18)10(20)12(22)24-4/h3-6,8,10,13-20H,1-2H2/b9-7-/t3-,4+,5+,6+,8-,10-/m0/s1. The number of ether oxygens (including phenoxy) is 2. The molecule has 0 saturated carbocycles. The van der Waals surface area contributed by atoms with Crippen molar-refractivity contribution in [2.24, 2.45) is 0 Å². The summed E-state index contributed by atoms with van der Waals surface area (Å²) < 4.78 is 8.95. The van der Waals surface area contributed by atoms with Crippen LogP contribution in [0.2, 0.25) is 0 Å². The van der Waals surface area contributed by atoms with Gasteiger partial charge in [0, 0.05) is 0 Å². The van der Waals surface area contributed by atoms with Crippen molar-refractivity contribution < 1.29 is 59.9 Å². The lowest BCUT2D eigenvalue weighted by Crippen LogP contribution is -2.57. The normalized spacial score (nSPS) is 30.8. The van der Waals surface area contributed by atoms with Crippen LogP contribution in [0.25, 0.3) is 0 Å². The zero-order valence-corrected chi connectivity index (χ0v) is 12.1. The third-order valence-corrected chi connectivity index (χ3v) is 3.21. The van der Waals surface area contributed by atoms with Crippen molar-refractivity contribution in [2.45, 2.75) is 36.6 Å². The fourth-order valence-corrected chi connectivity index (χ4v) is 1.72. The van der Waals surface area contributed by atoms with E-state index in [4.69, 9.17) is 15.3 Å². The van der Waals surface area contributed by atoms with E-state index in [1.165, 1.54) is 0 Å². The van der Waals surface area contributed by atoms with E-state index in [-0.39, 0.29) is 0 Å². The molecular formula is C12H18O12. The number of rotatable bonds is 6. The fourth-order valence-electron chi connectivity index (χ4n) is 1.72. The van der Waals surface area contributed by atoms with E-state index in [1.807, 2.05) is 0 Å². The highest BCUT2D eigenvalue weighted by atomic mass is 16.6. The first-order chi connectivity index (χ1) is 11.1. The Balaban J connectivity index is 2.70. The number of hydrogen-bond donors (Lipinski definition) is 8. The van der Waals surface area contributed by atoms with Crippen molar-refractivity contribution in [3.63, 3.8) is 0 Å². The lowest BCUT2D eigenvalue weighted by atomic mass is 10.0. The molecule has 8 N–H and O–H groups in total. The molecule has 12 heteroatoms. The summed E-state index contributed by atoms with van der Waals surface area (Å²) in [6.07, 6.45) is -11.2. The highest BCUT2D eigenvalue weighted by molar-refractivity contribution is 5.86. The number of carbonyl (C=O) groups is 2. The summed E-state index contributed by atoms with van der Waals surface area (Å²) >= 11 is 0. The van der Waals surface area contributed by atoms with E-state index in [0.29, 0.717) is 0 Å². The zero-order chi connectivity index (χ0) is 18.6. The Hall–Kier alpha value is -1.96. The van der Waals surface area contributed by atoms with Gasteiger partial charge in [-0.3, -0.25) is 0 Å². The largest absolute Gasteiger partial charge is 0.506 e. The second-order valence-electron chi connectivity index (χ2n) is 4.93. The first-order valence-corrected chi connectivity index (χ1v) is 6.62. The molecule has 1 heterocycles.